The Morgan fingerprint density at radius 3 is 2.48 bits per heavy atom. The van der Waals surface area contributed by atoms with Crippen LogP contribution in [0.15, 0.2) is 42.5 Å². The van der Waals surface area contributed by atoms with Crippen molar-refractivity contribution in [3.63, 3.8) is 0 Å². The summed E-state index contributed by atoms with van der Waals surface area (Å²) in [5.74, 6) is 0.719. The molecule has 0 fully saturated rings. The highest BCUT2D eigenvalue weighted by atomic mass is 16.2. The number of nitrogens with zero attached hydrogens (tertiary/aromatic N) is 4. The number of carbonyl (C=O) groups excluding carboxylic acids is 1. The van der Waals surface area contributed by atoms with Gasteiger partial charge >= 0.3 is 0 Å². The first-order valence-corrected chi connectivity index (χ1v) is 7.83. The van der Waals surface area contributed by atoms with Crippen LogP contribution in [0.3, 0.4) is 0 Å². The number of hydrogen-bond donors (Lipinski definition) is 0. The summed E-state index contributed by atoms with van der Waals surface area (Å²) >= 11 is 0. The van der Waals surface area contributed by atoms with Crippen molar-refractivity contribution in [2.45, 2.75) is 13.8 Å². The topological polar surface area (TPSA) is 51.0 Å². The smallest absolute Gasteiger partial charge is 0.272 e. The van der Waals surface area contributed by atoms with Crippen molar-refractivity contribution in [3.05, 3.63) is 48.2 Å². The van der Waals surface area contributed by atoms with Crippen LogP contribution in [0.1, 0.15) is 24.3 Å². The van der Waals surface area contributed by atoms with Gasteiger partial charge in [-0.1, -0.05) is 18.2 Å². The van der Waals surface area contributed by atoms with E-state index >= 15 is 0 Å². The Morgan fingerprint density at radius 1 is 1.04 bits per heavy atom. The van der Waals surface area contributed by atoms with Gasteiger partial charge in [-0.25, -0.2) is 9.97 Å². The molecule has 0 aliphatic carbocycles. The number of rotatable bonds is 4. The molecule has 0 spiro atoms. The van der Waals surface area contributed by atoms with Crippen molar-refractivity contribution in [2.75, 3.05) is 13.1 Å². The van der Waals surface area contributed by atoms with Crippen molar-refractivity contribution in [1.29, 1.82) is 0 Å². The molecule has 1 amide bonds. The number of imidazole rings is 1. The molecule has 0 bridgehead atoms. The Labute approximate surface area is 135 Å². The number of hydrogen-bond acceptors (Lipinski definition) is 3. The van der Waals surface area contributed by atoms with Crippen LogP contribution in [0.4, 0.5) is 0 Å². The molecular formula is C18H20N4O. The van der Waals surface area contributed by atoms with Crippen LogP contribution in [0.25, 0.3) is 22.6 Å². The largest absolute Gasteiger partial charge is 0.338 e. The molecule has 2 aromatic heterocycles. The van der Waals surface area contributed by atoms with Gasteiger partial charge in [0.25, 0.3) is 5.91 Å². The molecule has 5 heteroatoms. The molecule has 3 rings (SSSR count). The van der Waals surface area contributed by atoms with E-state index in [0.717, 1.165) is 16.9 Å². The number of amides is 1. The molecule has 3 aromatic rings. The van der Waals surface area contributed by atoms with E-state index in [-0.39, 0.29) is 5.91 Å². The average molecular weight is 308 g/mol. The third-order valence-corrected chi connectivity index (χ3v) is 4.04. The van der Waals surface area contributed by atoms with Crippen molar-refractivity contribution in [1.82, 2.24) is 19.4 Å². The van der Waals surface area contributed by atoms with Gasteiger partial charge in [-0.05, 0) is 38.1 Å². The lowest BCUT2D eigenvalue weighted by atomic mass is 10.2. The number of aromatic nitrogens is 3. The van der Waals surface area contributed by atoms with Crippen LogP contribution >= 0.6 is 0 Å². The Bertz CT molecular complexity index is 849. The summed E-state index contributed by atoms with van der Waals surface area (Å²) in [7, 11) is 1.96. The standard InChI is InChI=1S/C18H20N4O/c1-4-22(5-2)18(23)15-11-8-10-14(19-15)17-20-13-9-6-7-12-16(13)21(17)3/h6-12H,4-5H2,1-3H3. The SMILES string of the molecule is CCN(CC)C(=O)c1cccc(-c2nc3ccccc3n2C)n1. The summed E-state index contributed by atoms with van der Waals surface area (Å²) in [6, 6.07) is 13.5. The highest BCUT2D eigenvalue weighted by Crippen LogP contribution is 2.22. The van der Waals surface area contributed by atoms with Crippen LogP contribution in [0.2, 0.25) is 0 Å². The van der Waals surface area contributed by atoms with Crippen LogP contribution < -0.4 is 0 Å². The zero-order valence-electron chi connectivity index (χ0n) is 13.7. The molecule has 0 atom stereocenters. The summed E-state index contributed by atoms with van der Waals surface area (Å²) in [4.78, 5) is 23.4. The normalized spacial score (nSPS) is 10.9. The molecule has 0 aliphatic heterocycles. The average Bonchev–Trinajstić information content (AvgIpc) is 2.93. The number of fused-ring (bicyclic) bond motifs is 1. The fourth-order valence-electron chi connectivity index (χ4n) is 2.73. The Kier molecular flexibility index (Phi) is 4.10. The van der Waals surface area contributed by atoms with Gasteiger partial charge in [0.15, 0.2) is 5.82 Å². The first kappa shape index (κ1) is 15.2. The highest BCUT2D eigenvalue weighted by Gasteiger charge is 2.16. The lowest BCUT2D eigenvalue weighted by molar-refractivity contribution is 0.0767. The predicted octanol–water partition coefficient (Wildman–Crippen LogP) is 3.12. The molecule has 118 valence electrons. The van der Waals surface area contributed by atoms with Crippen LogP contribution in [-0.4, -0.2) is 38.4 Å². The van der Waals surface area contributed by atoms with E-state index in [2.05, 4.69) is 9.97 Å². The molecule has 0 aliphatic rings. The third kappa shape index (κ3) is 2.70. The monoisotopic (exact) mass is 308 g/mol. The van der Waals surface area contributed by atoms with E-state index in [1.165, 1.54) is 0 Å². The highest BCUT2D eigenvalue weighted by molar-refractivity contribution is 5.93. The molecule has 23 heavy (non-hydrogen) atoms. The van der Waals surface area contributed by atoms with Crippen molar-refractivity contribution in [2.24, 2.45) is 7.05 Å². The summed E-state index contributed by atoms with van der Waals surface area (Å²) in [5, 5.41) is 0. The summed E-state index contributed by atoms with van der Waals surface area (Å²) in [6.45, 7) is 5.29. The first-order chi connectivity index (χ1) is 11.2. The summed E-state index contributed by atoms with van der Waals surface area (Å²) in [5.41, 5.74) is 3.14. The minimum absolute atomic E-state index is 0.0457. The van der Waals surface area contributed by atoms with Crippen molar-refractivity contribution >= 4 is 16.9 Å². The van der Waals surface area contributed by atoms with E-state index in [1.807, 2.05) is 61.9 Å². The molecule has 1 aromatic carbocycles. The Hall–Kier alpha value is -2.69. The van der Waals surface area contributed by atoms with Gasteiger partial charge in [0.05, 0.1) is 11.0 Å². The molecule has 2 heterocycles. The maximum atomic E-state index is 12.5. The van der Waals surface area contributed by atoms with Gasteiger partial charge in [-0.15, -0.1) is 0 Å². The van der Waals surface area contributed by atoms with Crippen LogP contribution in [-0.2, 0) is 7.05 Å². The minimum atomic E-state index is -0.0457. The maximum absolute atomic E-state index is 12.5. The fourth-order valence-corrected chi connectivity index (χ4v) is 2.73. The quantitative estimate of drug-likeness (QED) is 0.744. The number of aryl methyl sites for hydroxylation is 1. The second-order valence-electron chi connectivity index (χ2n) is 5.37. The summed E-state index contributed by atoms with van der Waals surface area (Å²) in [6.07, 6.45) is 0. The Balaban J connectivity index is 2.05. The lowest BCUT2D eigenvalue weighted by Crippen LogP contribution is -2.31. The van der Waals surface area contributed by atoms with E-state index in [9.17, 15) is 4.79 Å². The maximum Gasteiger partial charge on any atom is 0.272 e. The van der Waals surface area contributed by atoms with E-state index in [0.29, 0.717) is 24.5 Å². The zero-order chi connectivity index (χ0) is 16.4. The minimum Gasteiger partial charge on any atom is -0.338 e. The van der Waals surface area contributed by atoms with Gasteiger partial charge in [0.2, 0.25) is 0 Å². The van der Waals surface area contributed by atoms with Gasteiger partial charge in [0, 0.05) is 20.1 Å². The Morgan fingerprint density at radius 2 is 1.78 bits per heavy atom. The molecular weight excluding hydrogens is 288 g/mol. The second kappa shape index (κ2) is 6.20. The van der Waals surface area contributed by atoms with Gasteiger partial charge < -0.3 is 9.47 Å². The second-order valence-corrected chi connectivity index (χ2v) is 5.37. The summed E-state index contributed by atoms with van der Waals surface area (Å²) < 4.78 is 2.00. The van der Waals surface area contributed by atoms with Crippen LogP contribution in [0.5, 0.6) is 0 Å². The number of benzene rings is 1. The van der Waals surface area contributed by atoms with Gasteiger partial charge in [0.1, 0.15) is 11.4 Å². The van der Waals surface area contributed by atoms with E-state index in [1.54, 1.807) is 11.0 Å². The third-order valence-electron chi connectivity index (χ3n) is 4.04. The van der Waals surface area contributed by atoms with Gasteiger partial charge in [-0.3, -0.25) is 4.79 Å². The number of para-hydroxylation sites is 2. The predicted molar refractivity (Wildman–Crippen MR) is 91.2 cm³/mol. The molecule has 0 unspecified atom stereocenters. The van der Waals surface area contributed by atoms with Crippen molar-refractivity contribution in [3.8, 4) is 11.5 Å². The number of pyridine rings is 1. The van der Waals surface area contributed by atoms with Crippen molar-refractivity contribution < 1.29 is 4.79 Å². The molecule has 0 N–H and O–H groups in total. The molecule has 0 saturated heterocycles. The fraction of sp³-hybridized carbons (Fsp3) is 0.278. The zero-order valence-corrected chi connectivity index (χ0v) is 13.7. The van der Waals surface area contributed by atoms with Crippen LogP contribution in [0, 0.1) is 0 Å². The molecule has 5 nitrogen and oxygen atoms in total. The first-order valence-electron chi connectivity index (χ1n) is 7.83. The van der Waals surface area contributed by atoms with Gasteiger partial charge in [-0.2, -0.15) is 0 Å². The van der Waals surface area contributed by atoms with E-state index in [4.69, 9.17) is 0 Å². The number of carbonyl (C=O) groups is 1. The molecule has 0 radical (unpaired) electrons. The van der Waals surface area contributed by atoms with E-state index < -0.39 is 0 Å². The lowest BCUT2D eigenvalue weighted by Gasteiger charge is -2.18. The molecule has 0 saturated carbocycles.